The van der Waals surface area contributed by atoms with Crippen LogP contribution in [0.5, 0.6) is 0 Å². The second kappa shape index (κ2) is 6.75. The van der Waals surface area contributed by atoms with Crippen LogP contribution in [0.4, 0.5) is 10.1 Å². The quantitative estimate of drug-likeness (QED) is 0.644. The van der Waals surface area contributed by atoms with Gasteiger partial charge in [-0.3, -0.25) is 9.59 Å². The zero-order valence-electron chi connectivity index (χ0n) is 17.1. The summed E-state index contributed by atoms with van der Waals surface area (Å²) in [6.45, 7) is 3.77. The Morgan fingerprint density at radius 2 is 1.90 bits per heavy atom. The molecule has 31 heavy (non-hydrogen) atoms. The molecule has 2 fully saturated rings. The molecule has 2 saturated carbocycles. The number of nitrogens with zero attached hydrogens (tertiary/aromatic N) is 3. The molecule has 0 radical (unpaired) electrons. The predicted octanol–water partition coefficient (Wildman–Crippen LogP) is 3.82. The normalized spacial score (nSPS) is 24.1. The van der Waals surface area contributed by atoms with Crippen molar-refractivity contribution < 1.29 is 14.0 Å². The van der Waals surface area contributed by atoms with Crippen LogP contribution >= 0.6 is 11.6 Å². The lowest BCUT2D eigenvalue weighted by Gasteiger charge is -2.66. The van der Waals surface area contributed by atoms with Crippen molar-refractivity contribution in [2.24, 2.45) is 5.41 Å². The maximum atomic E-state index is 13.3. The number of halogens is 2. The highest BCUT2D eigenvalue weighted by atomic mass is 35.5. The van der Waals surface area contributed by atoms with E-state index in [2.05, 4.69) is 20.7 Å². The molecule has 3 aromatic rings. The number of amides is 2. The lowest BCUT2D eigenvalue weighted by atomic mass is 9.42. The predicted molar refractivity (Wildman–Crippen MR) is 114 cm³/mol. The van der Waals surface area contributed by atoms with E-state index in [-0.39, 0.29) is 16.8 Å². The second-order valence-corrected chi connectivity index (χ2v) is 8.94. The van der Waals surface area contributed by atoms with Gasteiger partial charge in [0, 0.05) is 11.4 Å². The van der Waals surface area contributed by atoms with Gasteiger partial charge in [0.15, 0.2) is 5.65 Å². The molecule has 2 aliphatic carbocycles. The molecule has 160 valence electrons. The van der Waals surface area contributed by atoms with E-state index in [0.717, 1.165) is 17.5 Å². The molecule has 9 heteroatoms. The Bertz CT molecular complexity index is 1250. The summed E-state index contributed by atoms with van der Waals surface area (Å²) in [7, 11) is 0. The first kappa shape index (κ1) is 19.9. The maximum absolute atomic E-state index is 13.3. The van der Waals surface area contributed by atoms with Crippen LogP contribution in [-0.4, -0.2) is 32.0 Å². The van der Waals surface area contributed by atoms with Gasteiger partial charge in [-0.05, 0) is 63.8 Å². The van der Waals surface area contributed by atoms with Crippen molar-refractivity contribution in [3.05, 3.63) is 58.3 Å². The van der Waals surface area contributed by atoms with Crippen molar-refractivity contribution in [1.29, 1.82) is 0 Å². The van der Waals surface area contributed by atoms with E-state index < -0.39 is 16.8 Å². The Balaban J connectivity index is 1.39. The molecular weight excluding hydrogens is 421 g/mol. The molecule has 2 amide bonds. The minimum Gasteiger partial charge on any atom is -0.345 e. The van der Waals surface area contributed by atoms with E-state index in [0.29, 0.717) is 42.6 Å². The SMILES string of the molecule is Cc1cc(C)n2ncc(C(=O)NC34CCC3(C(=O)Nc3ccc(F)cc3Cl)CC4)c2n1. The fourth-order valence-corrected chi connectivity index (χ4v) is 5.16. The largest absolute Gasteiger partial charge is 0.345 e. The van der Waals surface area contributed by atoms with Crippen molar-refractivity contribution in [3.63, 3.8) is 0 Å². The van der Waals surface area contributed by atoms with Crippen LogP contribution < -0.4 is 10.6 Å². The third-order valence-electron chi connectivity index (χ3n) is 6.86. The van der Waals surface area contributed by atoms with E-state index in [1.54, 1.807) is 4.52 Å². The molecule has 0 spiro atoms. The van der Waals surface area contributed by atoms with Crippen LogP contribution in [0.3, 0.4) is 0 Å². The van der Waals surface area contributed by atoms with Gasteiger partial charge in [0.1, 0.15) is 11.4 Å². The Morgan fingerprint density at radius 1 is 1.16 bits per heavy atom. The average molecular weight is 442 g/mol. The topological polar surface area (TPSA) is 88.4 Å². The van der Waals surface area contributed by atoms with Crippen LogP contribution in [0.25, 0.3) is 5.65 Å². The summed E-state index contributed by atoms with van der Waals surface area (Å²) in [5, 5.41) is 10.4. The maximum Gasteiger partial charge on any atom is 0.257 e. The Kier molecular flexibility index (Phi) is 4.34. The first-order chi connectivity index (χ1) is 14.7. The lowest BCUT2D eigenvalue weighted by Crippen LogP contribution is -2.77. The van der Waals surface area contributed by atoms with Crippen molar-refractivity contribution >= 4 is 34.7 Å². The number of fused-ring (bicyclic) bond motifs is 2. The van der Waals surface area contributed by atoms with Crippen LogP contribution in [0, 0.1) is 25.1 Å². The van der Waals surface area contributed by atoms with Gasteiger partial charge in [-0.25, -0.2) is 13.9 Å². The summed E-state index contributed by atoms with van der Waals surface area (Å²) in [6.07, 6.45) is 4.28. The summed E-state index contributed by atoms with van der Waals surface area (Å²) in [4.78, 5) is 30.8. The number of benzene rings is 1. The van der Waals surface area contributed by atoms with Crippen LogP contribution in [-0.2, 0) is 4.79 Å². The highest BCUT2D eigenvalue weighted by molar-refractivity contribution is 6.33. The molecule has 0 atom stereocenters. The number of carbonyl (C=O) groups is 2. The number of aryl methyl sites for hydroxylation is 2. The monoisotopic (exact) mass is 441 g/mol. The second-order valence-electron chi connectivity index (χ2n) is 8.53. The number of rotatable bonds is 4. The van der Waals surface area contributed by atoms with Crippen molar-refractivity contribution in [2.45, 2.75) is 45.1 Å². The standard InChI is InChI=1S/C22H21ClFN5O2/c1-12-9-13(2)29-18(26-12)15(11-25-29)19(30)28-22-7-5-21(22,6-8-22)20(31)27-17-4-3-14(24)10-16(17)23/h3-4,9-11H,5-8H2,1-2H3,(H,27,31)(H,28,30). The molecule has 0 bridgehead atoms. The van der Waals surface area contributed by atoms with E-state index in [4.69, 9.17) is 11.6 Å². The Labute approximate surface area is 183 Å². The smallest absolute Gasteiger partial charge is 0.257 e. The number of anilines is 1. The molecule has 0 aliphatic heterocycles. The first-order valence-corrected chi connectivity index (χ1v) is 10.5. The molecule has 2 N–H and O–H groups in total. The van der Waals surface area contributed by atoms with E-state index >= 15 is 0 Å². The summed E-state index contributed by atoms with van der Waals surface area (Å²) in [5.41, 5.74) is 1.64. The molecule has 7 nitrogen and oxygen atoms in total. The third-order valence-corrected chi connectivity index (χ3v) is 7.18. The van der Waals surface area contributed by atoms with E-state index in [9.17, 15) is 14.0 Å². The highest BCUT2D eigenvalue weighted by Crippen LogP contribution is 2.64. The van der Waals surface area contributed by atoms with Crippen molar-refractivity contribution in [3.8, 4) is 0 Å². The van der Waals surface area contributed by atoms with Gasteiger partial charge in [-0.1, -0.05) is 11.6 Å². The molecule has 5 rings (SSSR count). The fourth-order valence-electron chi connectivity index (χ4n) is 4.94. The van der Waals surface area contributed by atoms with E-state index in [1.165, 1.54) is 18.3 Å². The molecular formula is C22H21ClFN5O2. The lowest BCUT2D eigenvalue weighted by molar-refractivity contribution is -0.161. The Hall–Kier alpha value is -3.00. The first-order valence-electron chi connectivity index (χ1n) is 10.2. The summed E-state index contributed by atoms with van der Waals surface area (Å²) in [5.74, 6) is -0.963. The number of hydrogen-bond donors (Lipinski definition) is 2. The van der Waals surface area contributed by atoms with Gasteiger partial charge >= 0.3 is 0 Å². The molecule has 2 aliphatic rings. The zero-order chi connectivity index (χ0) is 22.0. The average Bonchev–Trinajstić information content (AvgIpc) is 3.13. The van der Waals surface area contributed by atoms with Gasteiger partial charge in [-0.15, -0.1) is 0 Å². The van der Waals surface area contributed by atoms with Gasteiger partial charge in [0.2, 0.25) is 5.91 Å². The van der Waals surface area contributed by atoms with Gasteiger partial charge < -0.3 is 10.6 Å². The zero-order valence-corrected chi connectivity index (χ0v) is 17.9. The molecule has 2 aromatic heterocycles. The molecule has 2 heterocycles. The van der Waals surface area contributed by atoms with Crippen molar-refractivity contribution in [2.75, 3.05) is 5.32 Å². The van der Waals surface area contributed by atoms with Gasteiger partial charge in [0.05, 0.1) is 27.9 Å². The number of aromatic nitrogens is 3. The summed E-state index contributed by atoms with van der Waals surface area (Å²) in [6, 6.07) is 5.75. The molecule has 1 aromatic carbocycles. The van der Waals surface area contributed by atoms with Crippen LogP contribution in [0.2, 0.25) is 5.02 Å². The van der Waals surface area contributed by atoms with Crippen LogP contribution in [0.1, 0.15) is 47.4 Å². The minimum absolute atomic E-state index is 0.140. The number of hydrogen-bond acceptors (Lipinski definition) is 4. The molecule has 0 saturated heterocycles. The van der Waals surface area contributed by atoms with E-state index in [1.807, 2.05) is 19.9 Å². The fraction of sp³-hybridized carbons (Fsp3) is 0.364. The number of carbonyl (C=O) groups excluding carboxylic acids is 2. The Morgan fingerprint density at radius 3 is 2.55 bits per heavy atom. The third kappa shape index (κ3) is 2.85. The highest BCUT2D eigenvalue weighted by Gasteiger charge is 2.70. The molecule has 0 unspecified atom stereocenters. The van der Waals surface area contributed by atoms with Gasteiger partial charge in [-0.2, -0.15) is 5.10 Å². The van der Waals surface area contributed by atoms with Gasteiger partial charge in [0.25, 0.3) is 5.91 Å². The van der Waals surface area contributed by atoms with Crippen LogP contribution in [0.15, 0.2) is 30.5 Å². The summed E-state index contributed by atoms with van der Waals surface area (Å²) < 4.78 is 14.9. The van der Waals surface area contributed by atoms with Crippen molar-refractivity contribution in [1.82, 2.24) is 19.9 Å². The minimum atomic E-state index is -0.692. The summed E-state index contributed by atoms with van der Waals surface area (Å²) >= 11 is 6.07. The number of nitrogens with one attached hydrogen (secondary N) is 2.